The molecule has 1 aliphatic carbocycles. The van der Waals surface area contributed by atoms with Crippen LogP contribution < -0.4 is 11.5 Å². The third kappa shape index (κ3) is 0.910. The van der Waals surface area contributed by atoms with Gasteiger partial charge in [0.1, 0.15) is 0 Å². The predicted molar refractivity (Wildman–Crippen MR) is 35.6 cm³/mol. The van der Waals surface area contributed by atoms with Crippen LogP contribution in [0, 0.1) is 0 Å². The van der Waals surface area contributed by atoms with Crippen LogP contribution in [0.2, 0.25) is 0 Å². The summed E-state index contributed by atoms with van der Waals surface area (Å²) in [5.41, 5.74) is 7.68. The number of ketones is 2. The number of carbonyl (C=O) groups is 2. The van der Waals surface area contributed by atoms with Gasteiger partial charge in [0, 0.05) is 0 Å². The van der Waals surface area contributed by atoms with E-state index in [-0.39, 0.29) is 0 Å². The number of Topliss-reactive ketones (excluding diaryl/α,β-unsaturated/α-hetero) is 2. The van der Waals surface area contributed by atoms with E-state index in [0.29, 0.717) is 11.4 Å². The van der Waals surface area contributed by atoms with Crippen LogP contribution in [0.4, 0.5) is 0 Å². The summed E-state index contributed by atoms with van der Waals surface area (Å²) < 4.78 is 4.42. The average molecular weight is 184 g/mol. The standard InChI is InChI=1S/C6H6N4O3/c7-1-3-4(10-13-9-3)2(8)6(12)5(1)11/h1-2H,7-8H2/p+2/t1-,2+. The highest BCUT2D eigenvalue weighted by molar-refractivity contribution is 6.41. The predicted octanol–water partition coefficient (Wildman–Crippen LogP) is -3.21. The lowest BCUT2D eigenvalue weighted by atomic mass is 9.91. The molecule has 6 N–H and O–H groups in total. The van der Waals surface area contributed by atoms with Crippen molar-refractivity contribution in [3.63, 3.8) is 0 Å². The smallest absolute Gasteiger partial charge is 0.268 e. The Morgan fingerprint density at radius 1 is 1.00 bits per heavy atom. The summed E-state index contributed by atoms with van der Waals surface area (Å²) in [5, 5.41) is 7.02. The summed E-state index contributed by atoms with van der Waals surface area (Å²) in [6.07, 6.45) is 0. The molecule has 13 heavy (non-hydrogen) atoms. The summed E-state index contributed by atoms with van der Waals surface area (Å²) in [7, 11) is 0. The van der Waals surface area contributed by atoms with Crippen LogP contribution in [0.25, 0.3) is 0 Å². The van der Waals surface area contributed by atoms with E-state index in [9.17, 15) is 9.59 Å². The third-order valence-corrected chi connectivity index (χ3v) is 2.08. The van der Waals surface area contributed by atoms with Gasteiger partial charge >= 0.3 is 0 Å². The van der Waals surface area contributed by atoms with Crippen LogP contribution in [0.1, 0.15) is 23.5 Å². The molecule has 0 spiro atoms. The maximum atomic E-state index is 11.2. The van der Waals surface area contributed by atoms with Gasteiger partial charge in [0.25, 0.3) is 11.6 Å². The van der Waals surface area contributed by atoms with Crippen molar-refractivity contribution in [3.8, 4) is 0 Å². The number of fused-ring (bicyclic) bond motifs is 1. The third-order valence-electron chi connectivity index (χ3n) is 2.08. The lowest BCUT2D eigenvalue weighted by Crippen LogP contribution is -2.68. The molecule has 0 radical (unpaired) electrons. The van der Waals surface area contributed by atoms with Crippen molar-refractivity contribution < 1.29 is 25.7 Å². The Kier molecular flexibility index (Phi) is 1.51. The van der Waals surface area contributed by atoms with Gasteiger partial charge in [0.15, 0.2) is 23.5 Å². The molecule has 2 rings (SSSR count). The summed E-state index contributed by atoms with van der Waals surface area (Å²) in [6, 6.07) is -1.60. The summed E-state index contributed by atoms with van der Waals surface area (Å²) in [5.74, 6) is -1.16. The fraction of sp³-hybridized carbons (Fsp3) is 0.333. The average Bonchev–Trinajstić information content (AvgIpc) is 2.59. The Morgan fingerprint density at radius 3 is 1.77 bits per heavy atom. The summed E-state index contributed by atoms with van der Waals surface area (Å²) in [4.78, 5) is 22.5. The van der Waals surface area contributed by atoms with E-state index < -0.39 is 23.7 Å². The van der Waals surface area contributed by atoms with Gasteiger partial charge in [0.2, 0.25) is 0 Å². The fourth-order valence-electron chi connectivity index (χ4n) is 1.28. The molecule has 1 aromatic rings. The second kappa shape index (κ2) is 2.44. The van der Waals surface area contributed by atoms with Crippen molar-refractivity contribution in [3.05, 3.63) is 11.4 Å². The van der Waals surface area contributed by atoms with Crippen molar-refractivity contribution in [2.75, 3.05) is 0 Å². The number of hydrogen-bond acceptors (Lipinski definition) is 5. The van der Waals surface area contributed by atoms with Gasteiger partial charge in [-0.3, -0.25) is 9.59 Å². The van der Waals surface area contributed by atoms with Crippen LogP contribution in [0.5, 0.6) is 0 Å². The number of carbonyl (C=O) groups excluding carboxylic acids is 2. The first-order valence-electron chi connectivity index (χ1n) is 3.69. The number of hydrogen-bond donors (Lipinski definition) is 2. The zero-order valence-corrected chi connectivity index (χ0v) is 6.69. The molecular formula is C6H8N4O3+2. The quantitative estimate of drug-likeness (QED) is 0.410. The van der Waals surface area contributed by atoms with Gasteiger partial charge in [-0.2, -0.15) is 0 Å². The van der Waals surface area contributed by atoms with Crippen molar-refractivity contribution >= 4 is 11.6 Å². The van der Waals surface area contributed by atoms with Crippen LogP contribution in [0.3, 0.4) is 0 Å². The van der Waals surface area contributed by atoms with Gasteiger partial charge in [-0.25, -0.2) is 4.63 Å². The van der Waals surface area contributed by atoms with E-state index in [0.717, 1.165) is 0 Å². The maximum absolute atomic E-state index is 11.2. The number of quaternary nitrogens is 2. The van der Waals surface area contributed by atoms with Crippen LogP contribution >= 0.6 is 0 Å². The highest BCUT2D eigenvalue weighted by Crippen LogP contribution is 2.23. The molecule has 2 atom stereocenters. The second-order valence-electron chi connectivity index (χ2n) is 2.87. The molecule has 0 bridgehead atoms. The highest BCUT2D eigenvalue weighted by atomic mass is 16.6. The molecule has 0 aliphatic heterocycles. The molecule has 1 aliphatic rings. The molecule has 68 valence electrons. The first-order valence-corrected chi connectivity index (χ1v) is 3.69. The Morgan fingerprint density at radius 2 is 1.38 bits per heavy atom. The van der Waals surface area contributed by atoms with Crippen LogP contribution in [-0.2, 0) is 9.59 Å². The molecule has 0 saturated heterocycles. The van der Waals surface area contributed by atoms with Gasteiger partial charge in [-0.15, -0.1) is 0 Å². The molecule has 0 saturated carbocycles. The van der Waals surface area contributed by atoms with Crippen molar-refractivity contribution in [1.82, 2.24) is 10.3 Å². The lowest BCUT2D eigenvalue weighted by Gasteiger charge is -2.12. The zero-order valence-electron chi connectivity index (χ0n) is 6.69. The van der Waals surface area contributed by atoms with Crippen LogP contribution in [-0.4, -0.2) is 21.9 Å². The van der Waals surface area contributed by atoms with E-state index in [1.807, 2.05) is 0 Å². The topological polar surface area (TPSA) is 128 Å². The van der Waals surface area contributed by atoms with Gasteiger partial charge in [-0.05, 0) is 10.3 Å². The van der Waals surface area contributed by atoms with Crippen LogP contribution in [0.15, 0.2) is 4.63 Å². The van der Waals surface area contributed by atoms with E-state index in [1.165, 1.54) is 0 Å². The molecule has 1 heterocycles. The summed E-state index contributed by atoms with van der Waals surface area (Å²) in [6.45, 7) is 0. The largest absolute Gasteiger partial charge is 0.343 e. The Balaban J connectivity index is 2.59. The highest BCUT2D eigenvalue weighted by Gasteiger charge is 2.46. The van der Waals surface area contributed by atoms with E-state index >= 15 is 0 Å². The number of rotatable bonds is 0. The van der Waals surface area contributed by atoms with E-state index in [4.69, 9.17) is 0 Å². The minimum atomic E-state index is -0.799. The Labute approximate surface area is 72.0 Å². The molecular weight excluding hydrogens is 176 g/mol. The molecule has 0 fully saturated rings. The number of aromatic nitrogens is 2. The molecule has 7 heteroatoms. The van der Waals surface area contributed by atoms with E-state index in [2.05, 4.69) is 26.4 Å². The monoisotopic (exact) mass is 184 g/mol. The Hall–Kier alpha value is -1.60. The Bertz CT molecular complexity index is 350. The number of nitrogens with zero attached hydrogens (tertiary/aromatic N) is 2. The van der Waals surface area contributed by atoms with Crippen molar-refractivity contribution in [2.45, 2.75) is 12.1 Å². The molecule has 1 aromatic heterocycles. The normalized spacial score (nSPS) is 27.5. The molecule has 0 aromatic carbocycles. The lowest BCUT2D eigenvalue weighted by molar-refractivity contribution is -0.425. The van der Waals surface area contributed by atoms with Gasteiger partial charge < -0.3 is 11.5 Å². The second-order valence-corrected chi connectivity index (χ2v) is 2.87. The molecule has 7 nitrogen and oxygen atoms in total. The minimum absolute atomic E-state index is 0.324. The molecule has 0 unspecified atom stereocenters. The fourth-order valence-corrected chi connectivity index (χ4v) is 1.28. The SMILES string of the molecule is [NH3+][C@@H]1C(=O)C(=O)[C@H]([NH3+])c2nonc21. The maximum Gasteiger partial charge on any atom is 0.268 e. The minimum Gasteiger partial charge on any atom is -0.343 e. The van der Waals surface area contributed by atoms with Crippen molar-refractivity contribution in [2.24, 2.45) is 0 Å². The zero-order chi connectivity index (χ0) is 9.59. The van der Waals surface area contributed by atoms with Gasteiger partial charge in [0.05, 0.1) is 0 Å². The first kappa shape index (κ1) is 8.02. The molecule has 0 amide bonds. The summed E-state index contributed by atoms with van der Waals surface area (Å²) >= 11 is 0. The van der Waals surface area contributed by atoms with E-state index in [1.54, 1.807) is 0 Å². The first-order chi connectivity index (χ1) is 6.13. The van der Waals surface area contributed by atoms with Crippen molar-refractivity contribution in [1.29, 1.82) is 0 Å². The van der Waals surface area contributed by atoms with Gasteiger partial charge in [-0.1, -0.05) is 0 Å².